The van der Waals surface area contributed by atoms with E-state index in [9.17, 15) is 9.90 Å². The molecule has 0 spiro atoms. The molecule has 0 saturated carbocycles. The van der Waals surface area contributed by atoms with Crippen LogP contribution >= 0.6 is 23.5 Å². The Morgan fingerprint density at radius 2 is 1.70 bits per heavy atom. The summed E-state index contributed by atoms with van der Waals surface area (Å²) >= 11 is 4.03. The quantitative estimate of drug-likeness (QED) is 0.833. The van der Waals surface area contributed by atoms with Gasteiger partial charge < -0.3 is 9.84 Å². The molecule has 27 heavy (non-hydrogen) atoms. The highest BCUT2D eigenvalue weighted by molar-refractivity contribution is 8.03. The second-order valence-corrected chi connectivity index (χ2v) is 9.55. The van der Waals surface area contributed by atoms with Crippen molar-refractivity contribution in [3.05, 3.63) is 42.5 Å². The smallest absolute Gasteiger partial charge is 0.348 e. The zero-order chi connectivity index (χ0) is 18.7. The number of likely N-dealkylation sites (tertiary alicyclic amines) is 1. The van der Waals surface area contributed by atoms with Crippen LogP contribution in [0, 0.1) is 0 Å². The molecule has 2 aliphatic heterocycles. The molecule has 0 radical (unpaired) electrons. The van der Waals surface area contributed by atoms with E-state index in [2.05, 4.69) is 4.90 Å². The Morgan fingerprint density at radius 3 is 2.37 bits per heavy atom. The summed E-state index contributed by atoms with van der Waals surface area (Å²) in [4.78, 5) is 14.6. The lowest BCUT2D eigenvalue weighted by molar-refractivity contribution is -0.160. The van der Waals surface area contributed by atoms with Crippen LogP contribution in [-0.2, 0) is 4.79 Å². The number of carbonyl (C=O) groups is 1. The number of rotatable bonds is 4. The maximum Gasteiger partial charge on any atom is 0.348 e. The van der Waals surface area contributed by atoms with Gasteiger partial charge in [0.1, 0.15) is 5.75 Å². The van der Waals surface area contributed by atoms with Crippen molar-refractivity contribution in [2.24, 2.45) is 0 Å². The lowest BCUT2D eigenvalue weighted by Gasteiger charge is -2.41. The number of carboxylic acids is 1. The van der Waals surface area contributed by atoms with Gasteiger partial charge in [0.2, 0.25) is 5.60 Å². The molecule has 1 N–H and O–H groups in total. The fourth-order valence-corrected chi connectivity index (χ4v) is 6.51. The molecule has 0 aliphatic carbocycles. The number of benzene rings is 2. The molecule has 2 saturated heterocycles. The summed E-state index contributed by atoms with van der Waals surface area (Å²) in [5.41, 5.74) is -1.12. The number of carboxylic acid groups (broad SMARTS) is 1. The minimum absolute atomic E-state index is 0.529. The van der Waals surface area contributed by atoms with Crippen LogP contribution in [-0.4, -0.2) is 63.7 Å². The number of ether oxygens (including phenoxy) is 1. The van der Waals surface area contributed by atoms with Crippen LogP contribution in [0.5, 0.6) is 5.75 Å². The van der Waals surface area contributed by atoms with Crippen molar-refractivity contribution in [1.29, 1.82) is 0 Å². The summed E-state index contributed by atoms with van der Waals surface area (Å²) < 4.78 is 6.14. The van der Waals surface area contributed by atoms with Gasteiger partial charge in [-0.2, -0.15) is 23.5 Å². The second kappa shape index (κ2) is 8.33. The van der Waals surface area contributed by atoms with Crippen molar-refractivity contribution >= 4 is 40.3 Å². The van der Waals surface area contributed by atoms with E-state index in [1.807, 2.05) is 66.0 Å². The highest BCUT2D eigenvalue weighted by Crippen LogP contribution is 2.33. The molecule has 144 valence electrons. The van der Waals surface area contributed by atoms with Gasteiger partial charge in [-0.05, 0) is 22.9 Å². The maximum absolute atomic E-state index is 12.1. The Morgan fingerprint density at radius 1 is 1.04 bits per heavy atom. The van der Waals surface area contributed by atoms with Crippen molar-refractivity contribution in [2.45, 2.75) is 24.5 Å². The molecule has 2 heterocycles. The van der Waals surface area contributed by atoms with Crippen LogP contribution < -0.4 is 4.74 Å². The molecular weight excluding hydrogens is 378 g/mol. The number of fused-ring (bicyclic) bond motifs is 1. The summed E-state index contributed by atoms with van der Waals surface area (Å²) in [6.07, 6.45) is 1.06. The minimum Gasteiger partial charge on any atom is -0.478 e. The van der Waals surface area contributed by atoms with Crippen molar-refractivity contribution in [3.63, 3.8) is 0 Å². The van der Waals surface area contributed by atoms with Crippen LogP contribution in [0.4, 0.5) is 0 Å². The average Bonchev–Trinajstić information content (AvgIpc) is 2.98. The lowest BCUT2D eigenvalue weighted by Crippen LogP contribution is -2.55. The molecule has 0 bridgehead atoms. The van der Waals surface area contributed by atoms with Crippen LogP contribution in [0.25, 0.3) is 10.8 Å². The topological polar surface area (TPSA) is 49.8 Å². The molecule has 0 unspecified atom stereocenters. The molecular formula is C21H25NO3S2. The van der Waals surface area contributed by atoms with Gasteiger partial charge in [0.25, 0.3) is 0 Å². The van der Waals surface area contributed by atoms with Crippen LogP contribution in [0.15, 0.2) is 42.5 Å². The van der Waals surface area contributed by atoms with Crippen molar-refractivity contribution in [2.75, 3.05) is 36.1 Å². The van der Waals surface area contributed by atoms with Gasteiger partial charge in [-0.25, -0.2) is 4.79 Å². The normalized spacial score (nSPS) is 21.6. The predicted molar refractivity (Wildman–Crippen MR) is 114 cm³/mol. The third-order valence-corrected chi connectivity index (χ3v) is 8.02. The van der Waals surface area contributed by atoms with Crippen molar-refractivity contribution in [3.8, 4) is 5.75 Å². The van der Waals surface area contributed by atoms with Gasteiger partial charge in [0, 0.05) is 55.0 Å². The first kappa shape index (κ1) is 19.0. The summed E-state index contributed by atoms with van der Waals surface area (Å²) in [5.74, 6) is 4.54. The Kier molecular flexibility index (Phi) is 5.85. The molecule has 2 aromatic rings. The SMILES string of the molecule is O=C(O)C1(Oc2ccc3ccccc3c2)CCN(C2CSCCSC2)CC1. The molecule has 6 heteroatoms. The predicted octanol–water partition coefficient (Wildman–Crippen LogP) is 3.99. The number of nitrogens with zero attached hydrogens (tertiary/aromatic N) is 1. The summed E-state index contributed by atoms with van der Waals surface area (Å²) in [6, 6.07) is 14.4. The van der Waals surface area contributed by atoms with E-state index >= 15 is 0 Å². The van der Waals surface area contributed by atoms with E-state index in [0.717, 1.165) is 35.4 Å². The molecule has 4 rings (SSSR count). The minimum atomic E-state index is -1.12. The summed E-state index contributed by atoms with van der Waals surface area (Å²) in [6.45, 7) is 1.57. The lowest BCUT2D eigenvalue weighted by atomic mass is 9.90. The van der Waals surface area contributed by atoms with Gasteiger partial charge >= 0.3 is 5.97 Å². The molecule has 0 amide bonds. The maximum atomic E-state index is 12.1. The number of hydrogen-bond donors (Lipinski definition) is 1. The Bertz CT molecular complexity index is 797. The van der Waals surface area contributed by atoms with Gasteiger partial charge in [-0.15, -0.1) is 0 Å². The van der Waals surface area contributed by atoms with E-state index < -0.39 is 11.6 Å². The molecule has 0 atom stereocenters. The van der Waals surface area contributed by atoms with Gasteiger partial charge in [-0.3, -0.25) is 4.90 Å². The van der Waals surface area contributed by atoms with E-state index in [1.54, 1.807) is 0 Å². The molecule has 2 aliphatic rings. The zero-order valence-corrected chi connectivity index (χ0v) is 16.9. The highest BCUT2D eigenvalue weighted by Gasteiger charge is 2.45. The van der Waals surface area contributed by atoms with Crippen molar-refractivity contribution < 1.29 is 14.6 Å². The molecule has 0 aromatic heterocycles. The molecule has 2 aromatic carbocycles. The number of thioether (sulfide) groups is 2. The standard InChI is InChI=1S/C21H25NO3S2/c23-20(24)21(25-19-6-5-16-3-1-2-4-17(16)13-19)7-9-22(10-8-21)18-14-26-11-12-27-15-18/h1-6,13,18H,7-12,14-15H2,(H,23,24). The third-order valence-electron chi connectivity index (χ3n) is 5.54. The Balaban J connectivity index is 1.48. The largest absolute Gasteiger partial charge is 0.478 e. The first-order valence-corrected chi connectivity index (χ1v) is 11.8. The molecule has 4 nitrogen and oxygen atoms in total. The third kappa shape index (κ3) is 4.23. The monoisotopic (exact) mass is 403 g/mol. The van der Waals surface area contributed by atoms with E-state index in [4.69, 9.17) is 4.74 Å². The van der Waals surface area contributed by atoms with E-state index in [-0.39, 0.29) is 0 Å². The first-order chi connectivity index (χ1) is 13.2. The number of hydrogen-bond acceptors (Lipinski definition) is 5. The summed E-state index contributed by atoms with van der Waals surface area (Å²) in [7, 11) is 0. The Hall–Kier alpha value is -1.37. The summed E-state index contributed by atoms with van der Waals surface area (Å²) in [5, 5.41) is 12.2. The van der Waals surface area contributed by atoms with Gasteiger partial charge in [0.05, 0.1) is 0 Å². The Labute approximate surface area is 168 Å². The van der Waals surface area contributed by atoms with Gasteiger partial charge in [-0.1, -0.05) is 30.3 Å². The zero-order valence-electron chi connectivity index (χ0n) is 15.3. The second-order valence-electron chi connectivity index (χ2n) is 7.25. The van der Waals surface area contributed by atoms with Gasteiger partial charge in [0.15, 0.2) is 0 Å². The van der Waals surface area contributed by atoms with E-state index in [0.29, 0.717) is 24.6 Å². The van der Waals surface area contributed by atoms with Crippen LogP contribution in [0.2, 0.25) is 0 Å². The van der Waals surface area contributed by atoms with Crippen LogP contribution in [0.1, 0.15) is 12.8 Å². The first-order valence-electron chi connectivity index (χ1n) is 9.47. The fraction of sp³-hybridized carbons (Fsp3) is 0.476. The highest BCUT2D eigenvalue weighted by atomic mass is 32.2. The fourth-order valence-electron chi connectivity index (χ4n) is 3.88. The van der Waals surface area contributed by atoms with E-state index in [1.165, 1.54) is 11.5 Å². The van der Waals surface area contributed by atoms with Crippen molar-refractivity contribution in [1.82, 2.24) is 4.90 Å². The molecule has 2 fully saturated rings. The van der Waals surface area contributed by atoms with Crippen LogP contribution in [0.3, 0.4) is 0 Å². The number of piperidine rings is 1. The average molecular weight is 404 g/mol. The number of aliphatic carboxylic acids is 1.